The molecule has 1 N–H and O–H groups in total. The lowest BCUT2D eigenvalue weighted by Crippen LogP contribution is -2.47. The Morgan fingerprint density at radius 2 is 1.68 bits per heavy atom. The van der Waals surface area contributed by atoms with Gasteiger partial charge in [0.15, 0.2) is 5.65 Å². The molecule has 0 aliphatic carbocycles. The quantitative estimate of drug-likeness (QED) is 0.535. The van der Waals surface area contributed by atoms with Crippen molar-refractivity contribution in [2.45, 2.75) is 0 Å². The van der Waals surface area contributed by atoms with Crippen molar-refractivity contribution < 1.29 is 4.74 Å². The van der Waals surface area contributed by atoms with Crippen LogP contribution in [0.1, 0.15) is 0 Å². The van der Waals surface area contributed by atoms with Crippen LogP contribution < -0.4 is 19.9 Å². The SMILES string of the molecule is COc1cccc(Nc2nc(N3CCN(c4ccccc4)CC3)c3cnn(C)c3n2)c1. The molecule has 4 aromatic rings. The van der Waals surface area contributed by atoms with Crippen molar-refractivity contribution in [2.75, 3.05) is 48.4 Å². The average molecular weight is 416 g/mol. The topological polar surface area (TPSA) is 71.3 Å². The van der Waals surface area contributed by atoms with Gasteiger partial charge in [-0.15, -0.1) is 0 Å². The zero-order chi connectivity index (χ0) is 21.2. The predicted octanol–water partition coefficient (Wildman–Crippen LogP) is 3.44. The fourth-order valence-electron chi connectivity index (χ4n) is 3.95. The monoisotopic (exact) mass is 415 g/mol. The molecule has 2 aromatic carbocycles. The molecule has 8 nitrogen and oxygen atoms in total. The molecule has 2 aromatic heterocycles. The lowest BCUT2D eigenvalue weighted by atomic mass is 10.2. The van der Waals surface area contributed by atoms with Gasteiger partial charge in [-0.3, -0.25) is 4.68 Å². The maximum Gasteiger partial charge on any atom is 0.231 e. The summed E-state index contributed by atoms with van der Waals surface area (Å²) in [6.07, 6.45) is 1.85. The van der Waals surface area contributed by atoms with E-state index in [4.69, 9.17) is 14.7 Å². The summed E-state index contributed by atoms with van der Waals surface area (Å²) >= 11 is 0. The third kappa shape index (κ3) is 3.84. The number of rotatable bonds is 5. The van der Waals surface area contributed by atoms with Gasteiger partial charge in [-0.2, -0.15) is 15.1 Å². The van der Waals surface area contributed by atoms with E-state index >= 15 is 0 Å². The summed E-state index contributed by atoms with van der Waals surface area (Å²) in [4.78, 5) is 14.3. The largest absolute Gasteiger partial charge is 0.497 e. The number of hydrogen-bond donors (Lipinski definition) is 1. The van der Waals surface area contributed by atoms with Gasteiger partial charge >= 0.3 is 0 Å². The van der Waals surface area contributed by atoms with Gasteiger partial charge in [0.05, 0.1) is 18.7 Å². The van der Waals surface area contributed by atoms with Gasteiger partial charge in [0.2, 0.25) is 5.95 Å². The molecule has 3 heterocycles. The molecule has 1 aliphatic heterocycles. The Bertz CT molecular complexity index is 1180. The number of nitrogens with one attached hydrogen (secondary N) is 1. The van der Waals surface area contributed by atoms with Gasteiger partial charge < -0.3 is 19.9 Å². The number of benzene rings is 2. The van der Waals surface area contributed by atoms with Crippen LogP contribution in [0.25, 0.3) is 11.0 Å². The molecule has 0 amide bonds. The van der Waals surface area contributed by atoms with Gasteiger partial charge in [0, 0.05) is 50.7 Å². The van der Waals surface area contributed by atoms with Gasteiger partial charge in [-0.1, -0.05) is 24.3 Å². The van der Waals surface area contributed by atoms with Crippen molar-refractivity contribution in [3.05, 3.63) is 60.8 Å². The van der Waals surface area contributed by atoms with Gasteiger partial charge in [0.25, 0.3) is 0 Å². The molecule has 1 fully saturated rings. The average Bonchev–Trinajstić information content (AvgIpc) is 3.20. The minimum Gasteiger partial charge on any atom is -0.497 e. The van der Waals surface area contributed by atoms with Gasteiger partial charge in [0.1, 0.15) is 11.6 Å². The molecule has 5 rings (SSSR count). The maximum atomic E-state index is 5.33. The molecular formula is C23H25N7O. The fourth-order valence-corrected chi connectivity index (χ4v) is 3.95. The number of nitrogens with zero attached hydrogens (tertiary/aromatic N) is 6. The van der Waals surface area contributed by atoms with Crippen molar-refractivity contribution in [3.63, 3.8) is 0 Å². The Balaban J connectivity index is 1.43. The van der Waals surface area contributed by atoms with Crippen LogP contribution in [0.3, 0.4) is 0 Å². The number of aromatic nitrogens is 4. The molecule has 0 atom stereocenters. The summed E-state index contributed by atoms with van der Waals surface area (Å²) in [7, 11) is 3.56. The summed E-state index contributed by atoms with van der Waals surface area (Å²) in [6.45, 7) is 3.64. The smallest absolute Gasteiger partial charge is 0.231 e. The molecule has 0 saturated carbocycles. The van der Waals surface area contributed by atoms with Crippen molar-refractivity contribution in [1.82, 2.24) is 19.7 Å². The molecule has 0 radical (unpaired) electrons. The first-order valence-electron chi connectivity index (χ1n) is 10.4. The minimum atomic E-state index is 0.546. The maximum absolute atomic E-state index is 5.33. The number of anilines is 4. The number of methoxy groups -OCH3 is 1. The third-order valence-corrected chi connectivity index (χ3v) is 5.60. The van der Waals surface area contributed by atoms with Gasteiger partial charge in [-0.05, 0) is 24.3 Å². The lowest BCUT2D eigenvalue weighted by Gasteiger charge is -2.37. The van der Waals surface area contributed by atoms with Crippen LogP contribution in [0.15, 0.2) is 60.8 Å². The van der Waals surface area contributed by atoms with E-state index in [0.717, 1.165) is 54.5 Å². The second kappa shape index (κ2) is 8.14. The molecular weight excluding hydrogens is 390 g/mol. The van der Waals surface area contributed by atoms with Crippen LogP contribution in [0, 0.1) is 0 Å². The lowest BCUT2D eigenvalue weighted by molar-refractivity contribution is 0.415. The normalized spacial score (nSPS) is 14.1. The number of para-hydroxylation sites is 1. The first-order valence-corrected chi connectivity index (χ1v) is 10.4. The number of fused-ring (bicyclic) bond motifs is 1. The first-order chi connectivity index (χ1) is 15.2. The van der Waals surface area contributed by atoms with E-state index in [0.29, 0.717) is 5.95 Å². The molecule has 158 valence electrons. The van der Waals surface area contributed by atoms with Crippen LogP contribution in [0.2, 0.25) is 0 Å². The zero-order valence-electron chi connectivity index (χ0n) is 17.7. The van der Waals surface area contributed by atoms with Crippen LogP contribution in [-0.2, 0) is 7.05 Å². The van der Waals surface area contributed by atoms with Crippen molar-refractivity contribution in [2.24, 2.45) is 7.05 Å². The van der Waals surface area contributed by atoms with E-state index in [2.05, 4.69) is 50.5 Å². The zero-order valence-corrected chi connectivity index (χ0v) is 17.7. The van der Waals surface area contributed by atoms with Crippen LogP contribution >= 0.6 is 0 Å². The molecule has 8 heteroatoms. The number of aryl methyl sites for hydroxylation is 1. The Morgan fingerprint density at radius 1 is 0.903 bits per heavy atom. The van der Waals surface area contributed by atoms with E-state index in [1.807, 2.05) is 37.5 Å². The Hall–Kier alpha value is -3.81. The van der Waals surface area contributed by atoms with Crippen molar-refractivity contribution >= 4 is 34.2 Å². The van der Waals surface area contributed by atoms with E-state index in [-0.39, 0.29) is 0 Å². The standard InChI is InChI=1S/C23H25N7O/c1-28-21-20(16-24-28)22(27-23(26-21)25-17-7-6-10-19(15-17)31-2)30-13-11-29(12-14-30)18-8-4-3-5-9-18/h3-10,15-16H,11-14H2,1-2H3,(H,25,26,27). The van der Waals surface area contributed by atoms with Gasteiger partial charge in [-0.25, -0.2) is 0 Å². The van der Waals surface area contributed by atoms with E-state index in [1.165, 1.54) is 5.69 Å². The molecule has 31 heavy (non-hydrogen) atoms. The number of ether oxygens (including phenoxy) is 1. The fraction of sp³-hybridized carbons (Fsp3) is 0.261. The highest BCUT2D eigenvalue weighted by atomic mass is 16.5. The molecule has 1 saturated heterocycles. The first kappa shape index (κ1) is 19.2. The Labute approximate surface area is 181 Å². The van der Waals surface area contributed by atoms with Crippen LogP contribution in [0.5, 0.6) is 5.75 Å². The summed E-state index contributed by atoms with van der Waals surface area (Å²) in [5, 5.41) is 8.70. The van der Waals surface area contributed by atoms with Crippen LogP contribution in [0.4, 0.5) is 23.1 Å². The Morgan fingerprint density at radius 3 is 2.45 bits per heavy atom. The van der Waals surface area contributed by atoms with Crippen molar-refractivity contribution in [3.8, 4) is 5.75 Å². The predicted molar refractivity (Wildman–Crippen MR) is 123 cm³/mol. The summed E-state index contributed by atoms with van der Waals surface area (Å²) in [5.41, 5.74) is 2.94. The summed E-state index contributed by atoms with van der Waals surface area (Å²) in [5.74, 6) is 2.24. The molecule has 0 unspecified atom stereocenters. The van der Waals surface area contributed by atoms with E-state index in [9.17, 15) is 0 Å². The van der Waals surface area contributed by atoms with E-state index in [1.54, 1.807) is 11.8 Å². The van der Waals surface area contributed by atoms with Crippen molar-refractivity contribution in [1.29, 1.82) is 0 Å². The molecule has 1 aliphatic rings. The number of piperazine rings is 1. The molecule has 0 spiro atoms. The molecule has 0 bridgehead atoms. The minimum absolute atomic E-state index is 0.546. The highest BCUT2D eigenvalue weighted by molar-refractivity contribution is 5.88. The number of hydrogen-bond acceptors (Lipinski definition) is 7. The van der Waals surface area contributed by atoms with E-state index < -0.39 is 0 Å². The van der Waals surface area contributed by atoms with Crippen LogP contribution in [-0.4, -0.2) is 53.0 Å². The summed E-state index contributed by atoms with van der Waals surface area (Å²) < 4.78 is 7.12. The third-order valence-electron chi connectivity index (χ3n) is 5.60. The summed E-state index contributed by atoms with van der Waals surface area (Å²) in [6, 6.07) is 18.3. The highest BCUT2D eigenvalue weighted by Crippen LogP contribution is 2.28. The Kier molecular flexibility index (Phi) is 5.03. The second-order valence-electron chi connectivity index (χ2n) is 7.54. The second-order valence-corrected chi connectivity index (χ2v) is 7.54. The highest BCUT2D eigenvalue weighted by Gasteiger charge is 2.22.